The Morgan fingerprint density at radius 3 is 2.40 bits per heavy atom. The minimum absolute atomic E-state index is 0.111. The molecule has 1 aromatic rings. The quantitative estimate of drug-likeness (QED) is 0.883. The summed E-state index contributed by atoms with van der Waals surface area (Å²) >= 11 is 0. The molecule has 0 bridgehead atoms. The Kier molecular flexibility index (Phi) is 4.29. The van der Waals surface area contributed by atoms with Gasteiger partial charge < -0.3 is 5.73 Å². The van der Waals surface area contributed by atoms with Crippen LogP contribution in [0.1, 0.15) is 71.7 Å². The van der Waals surface area contributed by atoms with Gasteiger partial charge in [0.1, 0.15) is 0 Å². The molecule has 0 aliphatic heterocycles. The molecule has 1 fully saturated rings. The van der Waals surface area contributed by atoms with Crippen molar-refractivity contribution in [1.29, 1.82) is 0 Å². The van der Waals surface area contributed by atoms with Gasteiger partial charge in [-0.2, -0.15) is 5.10 Å². The highest BCUT2D eigenvalue weighted by molar-refractivity contribution is 5.17. The monoisotopic (exact) mass is 277 g/mol. The summed E-state index contributed by atoms with van der Waals surface area (Å²) in [6.07, 6.45) is 6.12. The Bertz CT molecular complexity index is 439. The van der Waals surface area contributed by atoms with E-state index >= 15 is 0 Å². The molecule has 0 spiro atoms. The summed E-state index contributed by atoms with van der Waals surface area (Å²) in [4.78, 5) is 0. The van der Waals surface area contributed by atoms with Gasteiger partial charge in [-0.15, -0.1) is 0 Å². The number of nitrogens with zero attached hydrogens (tertiary/aromatic N) is 1. The van der Waals surface area contributed by atoms with Crippen molar-refractivity contribution in [2.24, 2.45) is 17.1 Å². The van der Waals surface area contributed by atoms with Crippen molar-refractivity contribution >= 4 is 0 Å². The molecule has 1 saturated carbocycles. The summed E-state index contributed by atoms with van der Waals surface area (Å²) in [5.74, 6) is 0.623. The molecule has 0 saturated heterocycles. The topological polar surface area (TPSA) is 54.7 Å². The largest absolute Gasteiger partial charge is 0.327 e. The number of rotatable bonds is 3. The van der Waals surface area contributed by atoms with Crippen LogP contribution in [0.25, 0.3) is 0 Å². The number of aromatic nitrogens is 2. The Hall–Kier alpha value is -0.830. The maximum Gasteiger partial charge on any atom is 0.0678 e. The van der Waals surface area contributed by atoms with E-state index in [2.05, 4.69) is 50.9 Å². The molecule has 1 aromatic heterocycles. The van der Waals surface area contributed by atoms with Gasteiger partial charge in [0.2, 0.25) is 0 Å². The van der Waals surface area contributed by atoms with Crippen LogP contribution in [0.5, 0.6) is 0 Å². The van der Waals surface area contributed by atoms with Crippen molar-refractivity contribution in [3.63, 3.8) is 0 Å². The van der Waals surface area contributed by atoms with Crippen LogP contribution >= 0.6 is 0 Å². The van der Waals surface area contributed by atoms with Crippen LogP contribution in [0.15, 0.2) is 6.07 Å². The van der Waals surface area contributed by atoms with E-state index in [4.69, 9.17) is 5.73 Å². The molecule has 2 unspecified atom stereocenters. The highest BCUT2D eigenvalue weighted by Gasteiger charge is 2.36. The molecule has 0 aromatic carbocycles. The van der Waals surface area contributed by atoms with Crippen LogP contribution in [0.3, 0.4) is 0 Å². The molecule has 3 N–H and O–H groups in total. The van der Waals surface area contributed by atoms with Crippen molar-refractivity contribution in [3.8, 4) is 0 Å². The van der Waals surface area contributed by atoms with E-state index in [0.29, 0.717) is 12.0 Å². The maximum atomic E-state index is 6.37. The van der Waals surface area contributed by atoms with Gasteiger partial charge in [-0.3, -0.25) is 5.10 Å². The van der Waals surface area contributed by atoms with Crippen molar-refractivity contribution in [2.45, 2.75) is 78.2 Å². The normalized spacial score (nSPS) is 24.9. The Morgan fingerprint density at radius 1 is 1.20 bits per heavy atom. The van der Waals surface area contributed by atoms with Gasteiger partial charge in [0, 0.05) is 17.2 Å². The lowest BCUT2D eigenvalue weighted by atomic mass is 9.66. The van der Waals surface area contributed by atoms with Crippen molar-refractivity contribution < 1.29 is 0 Å². The standard InChI is InChI=1S/C17H31N3/c1-16(2,3)15-10-12(19-20-15)11-17(4,5)13-8-6-7-9-14(13)18/h10,13-14H,6-9,11,18H2,1-5H3,(H,19,20). The van der Waals surface area contributed by atoms with Gasteiger partial charge in [-0.25, -0.2) is 0 Å². The second kappa shape index (κ2) is 5.51. The van der Waals surface area contributed by atoms with Gasteiger partial charge in [-0.1, -0.05) is 47.5 Å². The summed E-state index contributed by atoms with van der Waals surface area (Å²) in [6, 6.07) is 2.60. The van der Waals surface area contributed by atoms with Crippen LogP contribution in [0.2, 0.25) is 0 Å². The van der Waals surface area contributed by atoms with Gasteiger partial charge >= 0.3 is 0 Å². The molecule has 1 aliphatic rings. The number of hydrogen-bond donors (Lipinski definition) is 2. The smallest absolute Gasteiger partial charge is 0.0678 e. The predicted octanol–water partition coefficient (Wildman–Crippen LogP) is 3.79. The second-order valence-corrected chi connectivity index (χ2v) is 8.25. The first-order valence-electron chi connectivity index (χ1n) is 8.00. The summed E-state index contributed by atoms with van der Waals surface area (Å²) in [7, 11) is 0. The molecule has 3 heteroatoms. The Balaban J connectivity index is 2.09. The van der Waals surface area contributed by atoms with Gasteiger partial charge in [0.25, 0.3) is 0 Å². The van der Waals surface area contributed by atoms with E-state index in [-0.39, 0.29) is 10.8 Å². The third-order valence-corrected chi connectivity index (χ3v) is 4.87. The summed E-state index contributed by atoms with van der Waals surface area (Å²) in [5.41, 5.74) is 9.11. The van der Waals surface area contributed by atoms with Crippen LogP contribution in [-0.4, -0.2) is 16.2 Å². The van der Waals surface area contributed by atoms with Gasteiger partial charge in [0.15, 0.2) is 0 Å². The SMILES string of the molecule is CC(C)(C)c1cc(CC(C)(C)C2CCCCC2N)[nH]n1. The Morgan fingerprint density at radius 2 is 1.85 bits per heavy atom. The average Bonchev–Trinajstić information content (AvgIpc) is 2.76. The summed E-state index contributed by atoms with van der Waals surface area (Å²) in [6.45, 7) is 11.3. The maximum absolute atomic E-state index is 6.37. The van der Waals surface area contributed by atoms with Crippen molar-refractivity contribution in [2.75, 3.05) is 0 Å². The molecule has 2 rings (SSSR count). The van der Waals surface area contributed by atoms with Crippen LogP contribution < -0.4 is 5.73 Å². The first kappa shape index (κ1) is 15.6. The zero-order chi connectivity index (χ0) is 15.0. The van der Waals surface area contributed by atoms with Crippen LogP contribution in [0.4, 0.5) is 0 Å². The molecule has 20 heavy (non-hydrogen) atoms. The van der Waals surface area contributed by atoms with Crippen LogP contribution in [-0.2, 0) is 11.8 Å². The predicted molar refractivity (Wildman–Crippen MR) is 84.7 cm³/mol. The number of nitrogens with two attached hydrogens (primary N) is 1. The molecule has 114 valence electrons. The molecule has 1 heterocycles. The van der Waals surface area contributed by atoms with Crippen molar-refractivity contribution in [3.05, 3.63) is 17.5 Å². The zero-order valence-corrected chi connectivity index (χ0v) is 13.8. The minimum Gasteiger partial charge on any atom is -0.327 e. The number of aromatic amines is 1. The minimum atomic E-state index is 0.111. The fraction of sp³-hybridized carbons (Fsp3) is 0.824. The third-order valence-electron chi connectivity index (χ3n) is 4.87. The second-order valence-electron chi connectivity index (χ2n) is 8.25. The van der Waals surface area contributed by atoms with Crippen molar-refractivity contribution in [1.82, 2.24) is 10.2 Å². The van der Waals surface area contributed by atoms with E-state index in [1.807, 2.05) is 0 Å². The highest BCUT2D eigenvalue weighted by Crippen LogP contribution is 2.40. The zero-order valence-electron chi connectivity index (χ0n) is 13.8. The van der Waals surface area contributed by atoms with E-state index in [9.17, 15) is 0 Å². The van der Waals surface area contributed by atoms with Gasteiger partial charge in [0.05, 0.1) is 5.69 Å². The first-order valence-corrected chi connectivity index (χ1v) is 8.00. The number of H-pyrrole nitrogens is 1. The molecular weight excluding hydrogens is 246 g/mol. The molecule has 0 radical (unpaired) electrons. The highest BCUT2D eigenvalue weighted by atomic mass is 15.1. The molecule has 1 aliphatic carbocycles. The summed E-state index contributed by atoms with van der Waals surface area (Å²) < 4.78 is 0. The lowest BCUT2D eigenvalue weighted by Crippen LogP contribution is -2.42. The lowest BCUT2D eigenvalue weighted by Gasteiger charge is -2.41. The fourth-order valence-corrected chi connectivity index (χ4v) is 3.59. The molecule has 2 atom stereocenters. The Labute approximate surface area is 123 Å². The van der Waals surface area contributed by atoms with E-state index in [1.54, 1.807) is 0 Å². The van der Waals surface area contributed by atoms with E-state index < -0.39 is 0 Å². The lowest BCUT2D eigenvalue weighted by molar-refractivity contribution is 0.133. The number of hydrogen-bond acceptors (Lipinski definition) is 2. The first-order chi connectivity index (χ1) is 9.20. The average molecular weight is 277 g/mol. The van der Waals surface area contributed by atoms with E-state index in [0.717, 1.165) is 12.1 Å². The summed E-state index contributed by atoms with van der Waals surface area (Å²) in [5, 5.41) is 7.71. The number of nitrogens with one attached hydrogen (secondary N) is 1. The van der Waals surface area contributed by atoms with Gasteiger partial charge in [-0.05, 0) is 36.7 Å². The third kappa shape index (κ3) is 3.43. The molecule has 3 nitrogen and oxygen atoms in total. The van der Waals surface area contributed by atoms with E-state index in [1.165, 1.54) is 31.4 Å². The molecule has 0 amide bonds. The molecular formula is C17H31N3. The van der Waals surface area contributed by atoms with Crippen LogP contribution in [0, 0.1) is 11.3 Å². The fourth-order valence-electron chi connectivity index (χ4n) is 3.59.